The van der Waals surface area contributed by atoms with Crippen LogP contribution in [-0.4, -0.2) is 82.3 Å². The molecule has 3 aliphatic rings. The number of piperidine rings is 2. The molecule has 1 aromatic rings. The summed E-state index contributed by atoms with van der Waals surface area (Å²) < 4.78 is 0. The van der Waals surface area contributed by atoms with Crippen LogP contribution in [0.2, 0.25) is 0 Å². The number of nitrogens with one attached hydrogen (secondary N) is 1. The van der Waals surface area contributed by atoms with Crippen LogP contribution in [0.15, 0.2) is 5.38 Å². The first-order chi connectivity index (χ1) is 14.9. The zero-order valence-electron chi connectivity index (χ0n) is 18.6. The Bertz CT molecular complexity index is 825. The van der Waals surface area contributed by atoms with E-state index in [-0.39, 0.29) is 23.8 Å². The highest BCUT2D eigenvalue weighted by atomic mass is 32.1. The summed E-state index contributed by atoms with van der Waals surface area (Å²) in [5.41, 5.74) is 0.133. The van der Waals surface area contributed by atoms with Gasteiger partial charge in [-0.05, 0) is 51.5 Å². The van der Waals surface area contributed by atoms with Gasteiger partial charge in [0.25, 0.3) is 5.91 Å². The van der Waals surface area contributed by atoms with Crippen molar-refractivity contribution in [3.63, 3.8) is 0 Å². The number of aromatic nitrogens is 1. The van der Waals surface area contributed by atoms with Crippen LogP contribution in [0.4, 0.5) is 4.79 Å². The fraction of sp³-hybridized carbons (Fsp3) is 0.727. The molecule has 0 saturated carbocycles. The average molecular weight is 448 g/mol. The molecule has 4 rings (SSSR count). The standard InChI is InChI=1S/C22H33N5O3S/c1-3-8-25-11-6-22(7-12-25)20(29)27(21(30)24-22)14-17-4-9-26(10-5-17)19(28)13-18-15-31-16(2)23-18/h15,17H,3-14H2,1-2H3,(H,24,30). The van der Waals surface area contributed by atoms with Crippen molar-refractivity contribution in [1.82, 2.24) is 25.0 Å². The molecule has 1 N–H and O–H groups in total. The van der Waals surface area contributed by atoms with Crippen molar-refractivity contribution < 1.29 is 14.4 Å². The Kier molecular flexibility index (Phi) is 6.62. The Morgan fingerprint density at radius 1 is 1.23 bits per heavy atom. The predicted molar refractivity (Wildman–Crippen MR) is 119 cm³/mol. The molecule has 0 aliphatic carbocycles. The van der Waals surface area contributed by atoms with E-state index in [4.69, 9.17) is 0 Å². The molecule has 3 aliphatic heterocycles. The van der Waals surface area contributed by atoms with Gasteiger partial charge in [-0.2, -0.15) is 0 Å². The zero-order chi connectivity index (χ0) is 22.0. The molecular formula is C22H33N5O3S. The number of hydrogen-bond acceptors (Lipinski definition) is 6. The van der Waals surface area contributed by atoms with E-state index in [1.165, 1.54) is 4.90 Å². The predicted octanol–water partition coefficient (Wildman–Crippen LogP) is 2.03. The Hall–Kier alpha value is -2.00. The van der Waals surface area contributed by atoms with Gasteiger partial charge in [0, 0.05) is 38.1 Å². The molecule has 4 amide bonds. The van der Waals surface area contributed by atoms with E-state index in [0.717, 1.165) is 49.6 Å². The lowest BCUT2D eigenvalue weighted by Crippen LogP contribution is -2.55. The molecule has 0 bridgehead atoms. The summed E-state index contributed by atoms with van der Waals surface area (Å²) in [5, 5.41) is 5.94. The van der Waals surface area contributed by atoms with Crippen LogP contribution in [0.3, 0.4) is 0 Å². The van der Waals surface area contributed by atoms with Crippen molar-refractivity contribution in [2.45, 2.75) is 57.9 Å². The Labute approximate surface area is 188 Å². The maximum atomic E-state index is 13.2. The number of imide groups is 1. The number of thiazole rings is 1. The molecule has 170 valence electrons. The minimum absolute atomic E-state index is 0.0499. The van der Waals surface area contributed by atoms with Gasteiger partial charge < -0.3 is 15.1 Å². The largest absolute Gasteiger partial charge is 0.342 e. The molecule has 0 atom stereocenters. The van der Waals surface area contributed by atoms with Crippen LogP contribution >= 0.6 is 11.3 Å². The summed E-state index contributed by atoms with van der Waals surface area (Å²) in [6, 6.07) is -0.244. The molecule has 8 nitrogen and oxygen atoms in total. The first kappa shape index (κ1) is 22.2. The number of urea groups is 1. The van der Waals surface area contributed by atoms with Crippen LogP contribution in [-0.2, 0) is 16.0 Å². The van der Waals surface area contributed by atoms with Crippen LogP contribution in [0.5, 0.6) is 0 Å². The second kappa shape index (κ2) is 9.24. The molecule has 0 unspecified atom stereocenters. The number of carbonyl (C=O) groups is 3. The SMILES string of the molecule is CCCN1CCC2(CC1)NC(=O)N(CC1CCN(C(=O)Cc3csc(C)n3)CC1)C2=O. The maximum Gasteiger partial charge on any atom is 0.325 e. The number of likely N-dealkylation sites (tertiary alicyclic amines) is 2. The lowest BCUT2D eigenvalue weighted by Gasteiger charge is -2.37. The van der Waals surface area contributed by atoms with Gasteiger partial charge in [0.1, 0.15) is 5.54 Å². The molecule has 9 heteroatoms. The number of hydrogen-bond donors (Lipinski definition) is 1. The van der Waals surface area contributed by atoms with Crippen molar-refractivity contribution in [3.05, 3.63) is 16.1 Å². The van der Waals surface area contributed by atoms with Crippen LogP contribution in [0.25, 0.3) is 0 Å². The van der Waals surface area contributed by atoms with E-state index in [9.17, 15) is 14.4 Å². The average Bonchev–Trinajstić information content (AvgIpc) is 3.26. The van der Waals surface area contributed by atoms with Gasteiger partial charge in [0.2, 0.25) is 5.91 Å². The van der Waals surface area contributed by atoms with Gasteiger partial charge in [-0.25, -0.2) is 9.78 Å². The summed E-state index contributed by atoms with van der Waals surface area (Å²) in [7, 11) is 0. The van der Waals surface area contributed by atoms with Gasteiger partial charge in [-0.1, -0.05) is 6.92 Å². The topological polar surface area (TPSA) is 85.8 Å². The molecule has 31 heavy (non-hydrogen) atoms. The first-order valence-electron chi connectivity index (χ1n) is 11.5. The minimum atomic E-state index is -0.705. The fourth-order valence-corrected chi connectivity index (χ4v) is 5.65. The van der Waals surface area contributed by atoms with Crippen molar-refractivity contribution in [1.29, 1.82) is 0 Å². The minimum Gasteiger partial charge on any atom is -0.342 e. The van der Waals surface area contributed by atoms with Crippen molar-refractivity contribution >= 4 is 29.2 Å². The lowest BCUT2D eigenvalue weighted by molar-refractivity contribution is -0.135. The van der Waals surface area contributed by atoms with E-state index < -0.39 is 5.54 Å². The number of amides is 4. The first-order valence-corrected chi connectivity index (χ1v) is 12.3. The number of nitrogens with zero attached hydrogens (tertiary/aromatic N) is 4. The van der Waals surface area contributed by atoms with E-state index >= 15 is 0 Å². The van der Waals surface area contributed by atoms with Gasteiger partial charge in [0.05, 0.1) is 17.1 Å². The number of aryl methyl sites for hydroxylation is 1. The summed E-state index contributed by atoms with van der Waals surface area (Å²) in [5.74, 6) is 0.304. The second-order valence-electron chi connectivity index (χ2n) is 9.13. The molecule has 1 aromatic heterocycles. The van der Waals surface area contributed by atoms with Gasteiger partial charge >= 0.3 is 6.03 Å². The van der Waals surface area contributed by atoms with Gasteiger partial charge in [0.15, 0.2) is 0 Å². The highest BCUT2D eigenvalue weighted by Crippen LogP contribution is 2.31. The Morgan fingerprint density at radius 2 is 1.94 bits per heavy atom. The molecule has 3 saturated heterocycles. The van der Waals surface area contributed by atoms with Gasteiger partial charge in [-0.15, -0.1) is 11.3 Å². The fourth-order valence-electron chi connectivity index (χ4n) is 5.03. The maximum absolute atomic E-state index is 13.2. The normalized spacial score (nSPS) is 22.4. The summed E-state index contributed by atoms with van der Waals surface area (Å²) >= 11 is 1.56. The molecule has 3 fully saturated rings. The summed E-state index contributed by atoms with van der Waals surface area (Å²) in [6.45, 7) is 8.66. The Morgan fingerprint density at radius 3 is 2.55 bits per heavy atom. The third-order valence-electron chi connectivity index (χ3n) is 6.90. The summed E-state index contributed by atoms with van der Waals surface area (Å²) in [4.78, 5) is 48.4. The quantitative estimate of drug-likeness (QED) is 0.675. The van der Waals surface area contributed by atoms with E-state index in [1.54, 1.807) is 11.3 Å². The monoisotopic (exact) mass is 447 g/mol. The molecule has 0 radical (unpaired) electrons. The molecule has 4 heterocycles. The van der Waals surface area contributed by atoms with Crippen molar-refractivity contribution in [2.75, 3.05) is 39.3 Å². The highest BCUT2D eigenvalue weighted by Gasteiger charge is 2.52. The van der Waals surface area contributed by atoms with Crippen LogP contribution in [0.1, 0.15) is 49.7 Å². The van der Waals surface area contributed by atoms with Crippen LogP contribution in [0, 0.1) is 12.8 Å². The van der Waals surface area contributed by atoms with Crippen LogP contribution < -0.4 is 5.32 Å². The second-order valence-corrected chi connectivity index (χ2v) is 10.2. The lowest BCUT2D eigenvalue weighted by atomic mass is 9.87. The zero-order valence-corrected chi connectivity index (χ0v) is 19.4. The molecule has 0 aromatic carbocycles. The highest BCUT2D eigenvalue weighted by molar-refractivity contribution is 7.09. The third kappa shape index (κ3) is 4.77. The third-order valence-corrected chi connectivity index (χ3v) is 7.72. The summed E-state index contributed by atoms with van der Waals surface area (Å²) in [6.07, 6.45) is 4.46. The van der Waals surface area contributed by atoms with E-state index in [0.29, 0.717) is 38.9 Å². The van der Waals surface area contributed by atoms with Crippen molar-refractivity contribution in [3.8, 4) is 0 Å². The number of rotatable bonds is 6. The number of carbonyl (C=O) groups excluding carboxylic acids is 3. The molecular weight excluding hydrogens is 414 g/mol. The smallest absolute Gasteiger partial charge is 0.325 e. The van der Waals surface area contributed by atoms with Gasteiger partial charge in [-0.3, -0.25) is 14.5 Å². The van der Waals surface area contributed by atoms with E-state index in [2.05, 4.69) is 22.1 Å². The molecule has 1 spiro atoms. The Balaban J connectivity index is 1.27. The van der Waals surface area contributed by atoms with E-state index in [1.807, 2.05) is 17.2 Å². The van der Waals surface area contributed by atoms with Crippen molar-refractivity contribution in [2.24, 2.45) is 5.92 Å².